The second kappa shape index (κ2) is 7.47. The van der Waals surface area contributed by atoms with Gasteiger partial charge in [-0.05, 0) is 37.9 Å². The highest BCUT2D eigenvalue weighted by Gasteiger charge is 2.36. The smallest absolute Gasteiger partial charge is 0.329 e. The third-order valence-electron chi connectivity index (χ3n) is 3.50. The zero-order valence-corrected chi connectivity index (χ0v) is 13.1. The quantitative estimate of drug-likeness (QED) is 0.812. The Morgan fingerprint density at radius 3 is 2.43 bits per heavy atom. The summed E-state index contributed by atoms with van der Waals surface area (Å²) in [7, 11) is 1.74. The van der Waals surface area contributed by atoms with Gasteiger partial charge >= 0.3 is 6.18 Å². The molecule has 0 saturated carbocycles. The number of rotatable bonds is 6. The zero-order valence-electron chi connectivity index (χ0n) is 12.2. The van der Waals surface area contributed by atoms with Crippen LogP contribution in [-0.4, -0.2) is 36.5 Å². The monoisotopic (exact) mass is 324 g/mol. The summed E-state index contributed by atoms with van der Waals surface area (Å²) in [5, 5.41) is 0. The van der Waals surface area contributed by atoms with Crippen molar-refractivity contribution in [1.29, 1.82) is 0 Å². The van der Waals surface area contributed by atoms with E-state index < -0.39 is 23.6 Å². The summed E-state index contributed by atoms with van der Waals surface area (Å²) in [6.45, 7) is 1.96. The summed E-state index contributed by atoms with van der Waals surface area (Å²) in [5.41, 5.74) is 4.74. The first kappa shape index (κ1) is 18.3. The first-order chi connectivity index (χ1) is 9.72. The highest BCUT2D eigenvalue weighted by molar-refractivity contribution is 7.98. The van der Waals surface area contributed by atoms with Crippen molar-refractivity contribution in [2.75, 3.05) is 25.6 Å². The third-order valence-corrected chi connectivity index (χ3v) is 4.31. The van der Waals surface area contributed by atoms with E-state index in [2.05, 4.69) is 0 Å². The Hall–Kier alpha value is -0.790. The SMILES string of the molecule is CSCC(C)N(C)C(CN)c1ccc(F)cc1C(F)(F)F. The lowest BCUT2D eigenvalue weighted by Crippen LogP contribution is -2.39. The van der Waals surface area contributed by atoms with Crippen LogP contribution >= 0.6 is 11.8 Å². The Balaban J connectivity index is 3.22. The van der Waals surface area contributed by atoms with Crippen molar-refractivity contribution in [3.63, 3.8) is 0 Å². The Morgan fingerprint density at radius 2 is 1.95 bits per heavy atom. The summed E-state index contributed by atoms with van der Waals surface area (Å²) in [5.74, 6) is -0.128. The van der Waals surface area contributed by atoms with Gasteiger partial charge < -0.3 is 5.73 Å². The molecule has 0 fully saturated rings. The van der Waals surface area contributed by atoms with Gasteiger partial charge in [-0.3, -0.25) is 4.90 Å². The summed E-state index contributed by atoms with van der Waals surface area (Å²) in [6.07, 6.45) is -2.67. The zero-order chi connectivity index (χ0) is 16.2. The lowest BCUT2D eigenvalue weighted by atomic mass is 9.97. The largest absolute Gasteiger partial charge is 0.416 e. The first-order valence-corrected chi connectivity index (χ1v) is 7.89. The molecule has 0 aliphatic rings. The van der Waals surface area contributed by atoms with E-state index >= 15 is 0 Å². The van der Waals surface area contributed by atoms with Crippen LogP contribution in [0.4, 0.5) is 17.6 Å². The molecule has 1 aromatic carbocycles. The van der Waals surface area contributed by atoms with E-state index in [1.165, 1.54) is 6.07 Å². The minimum Gasteiger partial charge on any atom is -0.329 e. The molecular formula is C14H20F4N2S. The second-order valence-corrected chi connectivity index (χ2v) is 5.86. The van der Waals surface area contributed by atoms with Gasteiger partial charge in [0.1, 0.15) is 5.82 Å². The average Bonchev–Trinajstić information content (AvgIpc) is 2.40. The molecule has 7 heteroatoms. The van der Waals surface area contributed by atoms with Crippen molar-refractivity contribution >= 4 is 11.8 Å². The highest BCUT2D eigenvalue weighted by Crippen LogP contribution is 2.36. The Morgan fingerprint density at radius 1 is 1.33 bits per heavy atom. The number of thioether (sulfide) groups is 1. The van der Waals surface area contributed by atoms with Crippen LogP contribution in [0.15, 0.2) is 18.2 Å². The highest BCUT2D eigenvalue weighted by atomic mass is 32.2. The van der Waals surface area contributed by atoms with Crippen LogP contribution in [0.2, 0.25) is 0 Å². The molecule has 0 saturated heterocycles. The van der Waals surface area contributed by atoms with Crippen molar-refractivity contribution in [3.8, 4) is 0 Å². The Labute approximate surface area is 126 Å². The molecule has 120 valence electrons. The summed E-state index contributed by atoms with van der Waals surface area (Å²) < 4.78 is 52.5. The van der Waals surface area contributed by atoms with Crippen LogP contribution in [0, 0.1) is 5.82 Å². The van der Waals surface area contributed by atoms with Crippen molar-refractivity contribution in [2.24, 2.45) is 5.73 Å². The fraction of sp³-hybridized carbons (Fsp3) is 0.571. The molecule has 0 radical (unpaired) electrons. The molecule has 2 atom stereocenters. The third kappa shape index (κ3) is 4.59. The molecule has 0 aliphatic carbocycles. The Kier molecular flexibility index (Phi) is 6.49. The maximum Gasteiger partial charge on any atom is 0.416 e. The van der Waals surface area contributed by atoms with Crippen molar-refractivity contribution in [2.45, 2.75) is 25.2 Å². The maximum absolute atomic E-state index is 13.2. The number of benzene rings is 1. The maximum atomic E-state index is 13.2. The van der Waals surface area contributed by atoms with Gasteiger partial charge in [0, 0.05) is 24.4 Å². The topological polar surface area (TPSA) is 29.3 Å². The van der Waals surface area contributed by atoms with E-state index in [1.54, 1.807) is 23.7 Å². The van der Waals surface area contributed by atoms with Crippen molar-refractivity contribution in [1.82, 2.24) is 4.90 Å². The van der Waals surface area contributed by atoms with E-state index in [-0.39, 0.29) is 18.2 Å². The standard InChI is InChI=1S/C14H20F4N2S/c1-9(8-21-3)20(2)13(7-19)11-5-4-10(15)6-12(11)14(16,17)18/h4-6,9,13H,7-8,19H2,1-3H3. The molecule has 0 aromatic heterocycles. The molecule has 21 heavy (non-hydrogen) atoms. The van der Waals surface area contributed by atoms with E-state index in [0.29, 0.717) is 6.07 Å². The number of hydrogen-bond donors (Lipinski definition) is 1. The number of nitrogens with two attached hydrogens (primary N) is 1. The van der Waals surface area contributed by atoms with Gasteiger partial charge in [0.2, 0.25) is 0 Å². The number of likely N-dealkylation sites (N-methyl/N-ethyl adjacent to an activating group) is 1. The number of hydrogen-bond acceptors (Lipinski definition) is 3. The van der Waals surface area contributed by atoms with Gasteiger partial charge in [-0.1, -0.05) is 6.07 Å². The molecule has 0 amide bonds. The van der Waals surface area contributed by atoms with Crippen LogP contribution in [0.3, 0.4) is 0 Å². The van der Waals surface area contributed by atoms with E-state index in [4.69, 9.17) is 5.73 Å². The fourth-order valence-corrected chi connectivity index (χ4v) is 2.96. The molecule has 0 aliphatic heterocycles. The lowest BCUT2D eigenvalue weighted by molar-refractivity contribution is -0.139. The summed E-state index contributed by atoms with van der Waals surface area (Å²) in [4.78, 5) is 1.80. The van der Waals surface area contributed by atoms with Gasteiger partial charge in [0.15, 0.2) is 0 Å². The van der Waals surface area contributed by atoms with Crippen LogP contribution < -0.4 is 5.73 Å². The minimum atomic E-state index is -4.60. The second-order valence-electron chi connectivity index (χ2n) is 4.95. The Bertz CT molecular complexity index is 465. The minimum absolute atomic E-state index is 0.0156. The predicted octanol–water partition coefficient (Wildman–Crippen LogP) is 3.53. The number of nitrogens with zero attached hydrogens (tertiary/aromatic N) is 1. The average molecular weight is 324 g/mol. The molecular weight excluding hydrogens is 304 g/mol. The molecule has 2 N–H and O–H groups in total. The van der Waals surface area contributed by atoms with E-state index in [0.717, 1.165) is 11.8 Å². The predicted molar refractivity (Wildman–Crippen MR) is 78.8 cm³/mol. The summed E-state index contributed by atoms with van der Waals surface area (Å²) >= 11 is 1.61. The number of alkyl halides is 3. The first-order valence-electron chi connectivity index (χ1n) is 6.50. The normalized spacial score (nSPS) is 15.3. The van der Waals surface area contributed by atoms with Crippen LogP contribution in [0.1, 0.15) is 24.1 Å². The van der Waals surface area contributed by atoms with Crippen molar-refractivity contribution < 1.29 is 17.6 Å². The van der Waals surface area contributed by atoms with Gasteiger partial charge in [0.05, 0.1) is 5.56 Å². The molecule has 0 bridgehead atoms. The van der Waals surface area contributed by atoms with Gasteiger partial charge in [0.25, 0.3) is 0 Å². The lowest BCUT2D eigenvalue weighted by Gasteiger charge is -2.33. The van der Waals surface area contributed by atoms with Gasteiger partial charge in [-0.25, -0.2) is 4.39 Å². The molecule has 1 aromatic rings. The molecule has 2 nitrogen and oxygen atoms in total. The fourth-order valence-electron chi connectivity index (χ4n) is 2.24. The number of halogens is 4. The molecule has 0 spiro atoms. The van der Waals surface area contributed by atoms with Crippen LogP contribution in [0.5, 0.6) is 0 Å². The molecule has 1 rings (SSSR count). The van der Waals surface area contributed by atoms with Crippen LogP contribution in [-0.2, 0) is 6.18 Å². The molecule has 2 unspecified atom stereocenters. The summed E-state index contributed by atoms with van der Waals surface area (Å²) in [6, 6.07) is 2.20. The van der Waals surface area contributed by atoms with E-state index in [1.807, 2.05) is 13.2 Å². The van der Waals surface area contributed by atoms with Crippen molar-refractivity contribution in [3.05, 3.63) is 35.1 Å². The van der Waals surface area contributed by atoms with Gasteiger partial charge in [-0.2, -0.15) is 24.9 Å². The van der Waals surface area contributed by atoms with E-state index in [9.17, 15) is 17.6 Å². The van der Waals surface area contributed by atoms with Gasteiger partial charge in [-0.15, -0.1) is 0 Å². The van der Waals surface area contributed by atoms with Crippen LogP contribution in [0.25, 0.3) is 0 Å². The molecule has 0 heterocycles.